The number of nitrogens with two attached hydrogens (primary N) is 1. The molecule has 0 saturated heterocycles. The summed E-state index contributed by atoms with van der Waals surface area (Å²) >= 11 is 5.00. The van der Waals surface area contributed by atoms with Crippen molar-refractivity contribution in [3.63, 3.8) is 0 Å². The zero-order chi connectivity index (χ0) is 8.43. The third-order valence-corrected chi connectivity index (χ3v) is 1.29. The fraction of sp³-hybridized carbons (Fsp3) is 0. The second-order valence-corrected chi connectivity index (χ2v) is 2.21. The van der Waals surface area contributed by atoms with Gasteiger partial charge in [-0.3, -0.25) is 4.79 Å². The molecule has 0 aliphatic heterocycles. The number of halogens is 2. The van der Waals surface area contributed by atoms with Crippen molar-refractivity contribution in [3.8, 4) is 0 Å². The largest absolute Gasteiger partial charge is 0.384 e. The minimum atomic E-state index is -0.880. The third kappa shape index (κ3) is 1.65. The van der Waals surface area contributed by atoms with Crippen molar-refractivity contribution in [2.45, 2.75) is 0 Å². The van der Waals surface area contributed by atoms with Crippen molar-refractivity contribution in [2.75, 3.05) is 5.73 Å². The van der Waals surface area contributed by atoms with E-state index in [4.69, 9.17) is 17.3 Å². The van der Waals surface area contributed by atoms with Gasteiger partial charge in [-0.2, -0.15) is 0 Å². The van der Waals surface area contributed by atoms with E-state index in [0.717, 1.165) is 12.3 Å². The van der Waals surface area contributed by atoms with E-state index in [1.807, 2.05) is 0 Å². The summed E-state index contributed by atoms with van der Waals surface area (Å²) < 4.78 is 12.7. The van der Waals surface area contributed by atoms with Crippen molar-refractivity contribution in [1.29, 1.82) is 0 Å². The first-order valence-corrected chi connectivity index (χ1v) is 3.10. The molecule has 0 fully saturated rings. The van der Waals surface area contributed by atoms with Crippen LogP contribution < -0.4 is 5.73 Å². The molecule has 1 heterocycles. The summed E-state index contributed by atoms with van der Waals surface area (Å²) in [6, 6.07) is 0.940. The molecule has 0 amide bonds. The lowest BCUT2D eigenvalue weighted by molar-refractivity contribution is 0.107. The first-order chi connectivity index (χ1) is 5.11. The summed E-state index contributed by atoms with van der Waals surface area (Å²) in [5.41, 5.74) is 4.86. The number of nitrogens with zero attached hydrogens (tertiary/aromatic N) is 1. The first-order valence-electron chi connectivity index (χ1n) is 2.72. The number of anilines is 1. The normalized spacial score (nSPS) is 9.64. The van der Waals surface area contributed by atoms with E-state index in [1.54, 1.807) is 0 Å². The van der Waals surface area contributed by atoms with Gasteiger partial charge in [0.15, 0.2) is 0 Å². The lowest BCUT2D eigenvalue weighted by atomic mass is 10.3. The van der Waals surface area contributed by atoms with Gasteiger partial charge in [0.2, 0.25) is 0 Å². The summed E-state index contributed by atoms with van der Waals surface area (Å²) in [6.45, 7) is 0. The Kier molecular flexibility index (Phi) is 2.05. The number of aromatic nitrogens is 1. The first kappa shape index (κ1) is 7.94. The molecule has 58 valence electrons. The average Bonchev–Trinajstić information content (AvgIpc) is 1.85. The molecule has 0 radical (unpaired) electrons. The number of carbonyl (C=O) groups is 1. The quantitative estimate of drug-likeness (QED) is 0.651. The minimum Gasteiger partial charge on any atom is -0.384 e. The predicted molar refractivity (Wildman–Crippen MR) is 38.8 cm³/mol. The van der Waals surface area contributed by atoms with Crippen LogP contribution in [-0.4, -0.2) is 10.2 Å². The maximum absolute atomic E-state index is 12.7. The molecule has 5 heteroatoms. The Hall–Kier alpha value is -1.16. The second-order valence-electron chi connectivity index (χ2n) is 1.86. The number of hydrogen-bond acceptors (Lipinski definition) is 3. The molecule has 0 aliphatic carbocycles. The van der Waals surface area contributed by atoms with E-state index in [2.05, 4.69) is 4.98 Å². The molecule has 0 aliphatic rings. The molecule has 1 aromatic heterocycles. The molecule has 0 bridgehead atoms. The van der Waals surface area contributed by atoms with Crippen molar-refractivity contribution in [3.05, 3.63) is 23.6 Å². The maximum Gasteiger partial charge on any atom is 0.256 e. The third-order valence-electron chi connectivity index (χ3n) is 1.09. The van der Waals surface area contributed by atoms with Gasteiger partial charge in [0.05, 0.1) is 5.56 Å². The smallest absolute Gasteiger partial charge is 0.256 e. The van der Waals surface area contributed by atoms with E-state index in [1.165, 1.54) is 0 Å². The maximum atomic E-state index is 12.7. The van der Waals surface area contributed by atoms with Crippen LogP contribution in [0.15, 0.2) is 12.3 Å². The highest BCUT2D eigenvalue weighted by Crippen LogP contribution is 2.10. The number of pyridine rings is 1. The lowest BCUT2D eigenvalue weighted by Gasteiger charge is -1.95. The van der Waals surface area contributed by atoms with E-state index in [-0.39, 0.29) is 11.4 Å². The highest BCUT2D eigenvalue weighted by atomic mass is 35.5. The molecule has 2 N–H and O–H groups in total. The fourth-order valence-corrected chi connectivity index (χ4v) is 0.729. The topological polar surface area (TPSA) is 56.0 Å². The van der Waals surface area contributed by atoms with Gasteiger partial charge in [-0.25, -0.2) is 9.37 Å². The molecule has 0 atom stereocenters. The molecule has 1 rings (SSSR count). The summed E-state index contributed by atoms with van der Waals surface area (Å²) in [7, 11) is 0. The van der Waals surface area contributed by atoms with Crippen LogP contribution in [0.3, 0.4) is 0 Å². The van der Waals surface area contributed by atoms with Crippen LogP contribution in [0.1, 0.15) is 10.4 Å². The Balaban J connectivity index is 3.20. The number of carbonyl (C=O) groups excluding carboxylic acids is 1. The van der Waals surface area contributed by atoms with Gasteiger partial charge in [0.25, 0.3) is 5.24 Å². The molecule has 1 aromatic rings. The second kappa shape index (κ2) is 2.84. The van der Waals surface area contributed by atoms with E-state index >= 15 is 0 Å². The summed E-state index contributed by atoms with van der Waals surface area (Å²) in [6.07, 6.45) is 1.00. The van der Waals surface area contributed by atoms with Gasteiger partial charge in [-0.1, -0.05) is 0 Å². The zero-order valence-corrected chi connectivity index (χ0v) is 6.10. The zero-order valence-electron chi connectivity index (χ0n) is 5.34. The van der Waals surface area contributed by atoms with Crippen molar-refractivity contribution < 1.29 is 9.18 Å². The van der Waals surface area contributed by atoms with Gasteiger partial charge in [-0.15, -0.1) is 0 Å². The lowest BCUT2D eigenvalue weighted by Crippen LogP contribution is -1.98. The molecule has 3 nitrogen and oxygen atoms in total. The van der Waals surface area contributed by atoms with Crippen molar-refractivity contribution >= 4 is 22.7 Å². The number of hydrogen-bond donors (Lipinski definition) is 1. The Morgan fingerprint density at radius 3 is 2.82 bits per heavy atom. The Bertz CT molecular complexity index is 303. The summed E-state index contributed by atoms with van der Waals surface area (Å²) in [5.74, 6) is -0.735. The highest BCUT2D eigenvalue weighted by Gasteiger charge is 2.08. The van der Waals surface area contributed by atoms with Crippen molar-refractivity contribution in [1.82, 2.24) is 4.98 Å². The number of nitrogen functional groups attached to an aromatic ring is 1. The molecule has 0 saturated carbocycles. The van der Waals surface area contributed by atoms with Crippen LogP contribution >= 0.6 is 11.6 Å². The summed E-state index contributed by atoms with van der Waals surface area (Å²) in [5, 5.41) is -0.880. The Labute approximate surface area is 67.0 Å². The summed E-state index contributed by atoms with van der Waals surface area (Å²) in [4.78, 5) is 13.9. The van der Waals surface area contributed by atoms with Crippen LogP contribution in [0.25, 0.3) is 0 Å². The average molecular weight is 175 g/mol. The molecule has 0 unspecified atom stereocenters. The van der Waals surface area contributed by atoms with Crippen LogP contribution in [0.4, 0.5) is 10.2 Å². The highest BCUT2D eigenvalue weighted by molar-refractivity contribution is 6.67. The van der Waals surface area contributed by atoms with Crippen LogP contribution in [-0.2, 0) is 0 Å². The van der Waals surface area contributed by atoms with Crippen LogP contribution in [0.5, 0.6) is 0 Å². The Morgan fingerprint density at radius 1 is 1.73 bits per heavy atom. The number of rotatable bonds is 1. The van der Waals surface area contributed by atoms with Gasteiger partial charge in [-0.05, 0) is 11.6 Å². The van der Waals surface area contributed by atoms with Gasteiger partial charge in [0, 0.05) is 12.3 Å². The van der Waals surface area contributed by atoms with Crippen LogP contribution in [0.2, 0.25) is 0 Å². The Morgan fingerprint density at radius 2 is 2.36 bits per heavy atom. The van der Waals surface area contributed by atoms with Crippen LogP contribution in [0, 0.1) is 5.82 Å². The SMILES string of the molecule is Nc1cc(F)c(C(=O)Cl)cn1. The standard InChI is InChI=1S/C6H4ClFN2O/c7-6(11)3-2-10-5(9)1-4(3)8/h1-2H,(H2,9,10). The monoisotopic (exact) mass is 174 g/mol. The van der Waals surface area contributed by atoms with E-state index in [9.17, 15) is 9.18 Å². The molecular formula is C6H4ClFN2O. The van der Waals surface area contributed by atoms with Gasteiger partial charge < -0.3 is 5.73 Å². The van der Waals surface area contributed by atoms with E-state index < -0.39 is 11.1 Å². The molecule has 0 aromatic carbocycles. The fourth-order valence-electron chi connectivity index (χ4n) is 0.590. The van der Waals surface area contributed by atoms with Crippen molar-refractivity contribution in [2.24, 2.45) is 0 Å². The molecule has 11 heavy (non-hydrogen) atoms. The minimum absolute atomic E-state index is 0.0177. The molecule has 0 spiro atoms. The predicted octanol–water partition coefficient (Wildman–Crippen LogP) is 1.18. The van der Waals surface area contributed by atoms with E-state index in [0.29, 0.717) is 0 Å². The molecular weight excluding hydrogens is 171 g/mol. The van der Waals surface area contributed by atoms with Gasteiger partial charge in [0.1, 0.15) is 11.6 Å². The van der Waals surface area contributed by atoms with Gasteiger partial charge >= 0.3 is 0 Å².